The predicted octanol–water partition coefficient (Wildman–Crippen LogP) is 2.07. The van der Waals surface area contributed by atoms with E-state index in [1.807, 2.05) is 6.92 Å². The molecule has 0 bridgehead atoms. The molecule has 0 amide bonds. The largest absolute Gasteiger partial charge is 0.469 e. The van der Waals surface area contributed by atoms with Gasteiger partial charge in [-0.05, 0) is 25.7 Å². The zero-order chi connectivity index (χ0) is 14.9. The first-order valence-electron chi connectivity index (χ1n) is 6.83. The van der Waals surface area contributed by atoms with Gasteiger partial charge in [0.15, 0.2) is 0 Å². The Morgan fingerprint density at radius 3 is 2.32 bits per heavy atom. The summed E-state index contributed by atoms with van der Waals surface area (Å²) in [4.78, 5) is 10.9. The van der Waals surface area contributed by atoms with Crippen molar-refractivity contribution < 1.29 is 17.9 Å². The second-order valence-corrected chi connectivity index (χ2v) is 7.22. The molecule has 1 unspecified atom stereocenters. The van der Waals surface area contributed by atoms with E-state index in [0.29, 0.717) is 12.3 Å². The van der Waals surface area contributed by atoms with Gasteiger partial charge < -0.3 is 4.74 Å². The van der Waals surface area contributed by atoms with Crippen LogP contribution in [0.5, 0.6) is 0 Å². The predicted molar refractivity (Wildman–Crippen MR) is 76.3 cm³/mol. The van der Waals surface area contributed by atoms with Gasteiger partial charge in [0.05, 0.1) is 12.9 Å². The van der Waals surface area contributed by atoms with Crippen molar-refractivity contribution in [1.29, 1.82) is 0 Å². The van der Waals surface area contributed by atoms with E-state index in [-0.39, 0.29) is 24.2 Å². The maximum Gasteiger partial charge on any atom is 0.305 e. The minimum absolute atomic E-state index is 0.0311. The Labute approximate surface area is 117 Å². The molecule has 0 aliphatic heterocycles. The fraction of sp³-hybridized carbons (Fsp3) is 0.923. The van der Waals surface area contributed by atoms with Crippen LogP contribution in [0.1, 0.15) is 52.9 Å². The van der Waals surface area contributed by atoms with Crippen molar-refractivity contribution in [3.8, 4) is 0 Å². The number of ether oxygens (including phenoxy) is 1. The Morgan fingerprint density at radius 2 is 1.79 bits per heavy atom. The molecule has 0 fully saturated rings. The molecule has 0 saturated heterocycles. The van der Waals surface area contributed by atoms with Gasteiger partial charge in [-0.2, -0.15) is 0 Å². The van der Waals surface area contributed by atoms with Crippen LogP contribution in [-0.4, -0.2) is 33.3 Å². The standard InChI is InChI=1S/C13H27NO4S/c1-11(2)7-5-8-12(3)14-19(16,17)10-6-9-13(15)18-4/h11-12,14H,5-10H2,1-4H3. The van der Waals surface area contributed by atoms with Crippen LogP contribution in [0.3, 0.4) is 0 Å². The van der Waals surface area contributed by atoms with Gasteiger partial charge in [0.2, 0.25) is 10.0 Å². The van der Waals surface area contributed by atoms with Crippen LogP contribution in [-0.2, 0) is 19.6 Å². The minimum Gasteiger partial charge on any atom is -0.469 e. The molecule has 0 aliphatic rings. The Kier molecular flexibility index (Phi) is 9.01. The Balaban J connectivity index is 3.91. The highest BCUT2D eigenvalue weighted by Crippen LogP contribution is 2.09. The third-order valence-electron chi connectivity index (χ3n) is 2.82. The van der Waals surface area contributed by atoms with E-state index in [1.54, 1.807) is 0 Å². The van der Waals surface area contributed by atoms with E-state index in [0.717, 1.165) is 19.3 Å². The van der Waals surface area contributed by atoms with Crippen molar-refractivity contribution in [2.45, 2.75) is 58.9 Å². The molecule has 0 rings (SSSR count). The number of hydrogen-bond acceptors (Lipinski definition) is 4. The first-order chi connectivity index (χ1) is 8.76. The van der Waals surface area contributed by atoms with Crippen LogP contribution < -0.4 is 4.72 Å². The van der Waals surface area contributed by atoms with E-state index in [4.69, 9.17) is 0 Å². The molecule has 114 valence electrons. The smallest absolute Gasteiger partial charge is 0.305 e. The first-order valence-corrected chi connectivity index (χ1v) is 8.49. The summed E-state index contributed by atoms with van der Waals surface area (Å²) < 4.78 is 30.6. The van der Waals surface area contributed by atoms with Crippen LogP contribution in [0.15, 0.2) is 0 Å². The summed E-state index contributed by atoms with van der Waals surface area (Å²) in [5, 5.41) is 0. The summed E-state index contributed by atoms with van der Waals surface area (Å²) in [5.74, 6) is 0.237. The lowest BCUT2D eigenvalue weighted by Gasteiger charge is -2.14. The van der Waals surface area contributed by atoms with Crippen molar-refractivity contribution in [3.05, 3.63) is 0 Å². The summed E-state index contributed by atoms with van der Waals surface area (Å²) in [6.45, 7) is 6.18. The number of hydrogen-bond donors (Lipinski definition) is 1. The summed E-state index contributed by atoms with van der Waals surface area (Å²) in [5.41, 5.74) is 0. The lowest BCUT2D eigenvalue weighted by atomic mass is 10.0. The van der Waals surface area contributed by atoms with Gasteiger partial charge in [-0.15, -0.1) is 0 Å². The number of carbonyl (C=O) groups is 1. The zero-order valence-electron chi connectivity index (χ0n) is 12.4. The average molecular weight is 293 g/mol. The first kappa shape index (κ1) is 18.4. The van der Waals surface area contributed by atoms with E-state index in [9.17, 15) is 13.2 Å². The van der Waals surface area contributed by atoms with E-state index in [2.05, 4.69) is 23.3 Å². The SMILES string of the molecule is COC(=O)CCCS(=O)(=O)NC(C)CCCC(C)C. The van der Waals surface area contributed by atoms with Gasteiger partial charge >= 0.3 is 5.97 Å². The molecule has 1 atom stereocenters. The zero-order valence-corrected chi connectivity index (χ0v) is 13.3. The van der Waals surface area contributed by atoms with Gasteiger partial charge in [0.25, 0.3) is 0 Å². The van der Waals surface area contributed by atoms with Crippen molar-refractivity contribution in [2.24, 2.45) is 5.92 Å². The molecule has 5 nitrogen and oxygen atoms in total. The number of esters is 1. The highest BCUT2D eigenvalue weighted by atomic mass is 32.2. The molecule has 19 heavy (non-hydrogen) atoms. The van der Waals surface area contributed by atoms with E-state index < -0.39 is 10.0 Å². The number of nitrogens with one attached hydrogen (secondary N) is 1. The molecule has 0 aromatic carbocycles. The van der Waals surface area contributed by atoms with Crippen molar-refractivity contribution in [2.75, 3.05) is 12.9 Å². The highest BCUT2D eigenvalue weighted by molar-refractivity contribution is 7.89. The third kappa shape index (κ3) is 10.9. The fourth-order valence-corrected chi connectivity index (χ4v) is 3.14. The van der Waals surface area contributed by atoms with Crippen molar-refractivity contribution in [3.63, 3.8) is 0 Å². The molecule has 0 spiro atoms. The van der Waals surface area contributed by atoms with Gasteiger partial charge in [0.1, 0.15) is 0 Å². The fourth-order valence-electron chi connectivity index (χ4n) is 1.77. The summed E-state index contributed by atoms with van der Waals surface area (Å²) in [7, 11) is -2.00. The monoisotopic (exact) mass is 293 g/mol. The number of carbonyl (C=O) groups excluding carboxylic acids is 1. The lowest BCUT2D eigenvalue weighted by molar-refractivity contribution is -0.140. The van der Waals surface area contributed by atoms with Gasteiger partial charge in [-0.1, -0.05) is 26.7 Å². The van der Waals surface area contributed by atoms with Gasteiger partial charge in [0, 0.05) is 12.5 Å². The Hall–Kier alpha value is -0.620. The van der Waals surface area contributed by atoms with Crippen LogP contribution in [0.2, 0.25) is 0 Å². The number of sulfonamides is 1. The molecule has 0 radical (unpaired) electrons. The van der Waals surface area contributed by atoms with Crippen LogP contribution in [0.4, 0.5) is 0 Å². The van der Waals surface area contributed by atoms with Crippen LogP contribution in [0, 0.1) is 5.92 Å². The molecule has 0 saturated carbocycles. The van der Waals surface area contributed by atoms with Crippen LogP contribution >= 0.6 is 0 Å². The normalized spacial score (nSPS) is 13.5. The maximum atomic E-state index is 11.7. The molecule has 0 aliphatic carbocycles. The molecule has 0 aromatic rings. The molecular formula is C13H27NO4S. The highest BCUT2D eigenvalue weighted by Gasteiger charge is 2.15. The quantitative estimate of drug-likeness (QED) is 0.626. The van der Waals surface area contributed by atoms with Crippen molar-refractivity contribution in [1.82, 2.24) is 4.72 Å². The summed E-state index contributed by atoms with van der Waals surface area (Å²) in [6.07, 6.45) is 3.40. The topological polar surface area (TPSA) is 72.5 Å². The molecular weight excluding hydrogens is 266 g/mol. The van der Waals surface area contributed by atoms with E-state index >= 15 is 0 Å². The molecule has 0 aromatic heterocycles. The second-order valence-electron chi connectivity index (χ2n) is 5.34. The Morgan fingerprint density at radius 1 is 1.16 bits per heavy atom. The van der Waals surface area contributed by atoms with E-state index in [1.165, 1.54) is 7.11 Å². The minimum atomic E-state index is -3.29. The van der Waals surface area contributed by atoms with Crippen molar-refractivity contribution >= 4 is 16.0 Å². The molecule has 6 heteroatoms. The summed E-state index contributed by atoms with van der Waals surface area (Å²) in [6, 6.07) is -0.0538. The molecule has 1 N–H and O–H groups in total. The average Bonchev–Trinajstić information content (AvgIpc) is 2.27. The maximum absolute atomic E-state index is 11.7. The van der Waals surface area contributed by atoms with Gasteiger partial charge in [-0.25, -0.2) is 13.1 Å². The molecule has 0 heterocycles. The number of methoxy groups -OCH3 is 1. The lowest BCUT2D eigenvalue weighted by Crippen LogP contribution is -2.34. The Bertz CT molecular complexity index is 352. The number of rotatable bonds is 10. The van der Waals surface area contributed by atoms with Gasteiger partial charge in [-0.3, -0.25) is 4.79 Å². The summed E-state index contributed by atoms with van der Waals surface area (Å²) >= 11 is 0. The second kappa shape index (κ2) is 9.31. The van der Waals surface area contributed by atoms with Crippen LogP contribution in [0.25, 0.3) is 0 Å². The third-order valence-corrected chi connectivity index (χ3v) is 4.41.